The van der Waals surface area contributed by atoms with Gasteiger partial charge in [0.2, 0.25) is 0 Å². The molecule has 3 nitrogen and oxygen atoms in total. The largest absolute Gasteiger partial charge is 0.389 e. The molecule has 0 radical (unpaired) electrons. The van der Waals surface area contributed by atoms with Crippen molar-refractivity contribution in [2.45, 2.75) is 44.1 Å². The Labute approximate surface area is 92.8 Å². The van der Waals surface area contributed by atoms with Crippen molar-refractivity contribution in [1.29, 1.82) is 0 Å². The molecule has 0 aromatic rings. The Kier molecular flexibility index (Phi) is 4.00. The normalized spacial score (nSPS) is 25.4. The van der Waals surface area contributed by atoms with E-state index >= 15 is 0 Å². The molecule has 15 heavy (non-hydrogen) atoms. The molecule has 2 aliphatic rings. The van der Waals surface area contributed by atoms with Crippen LogP contribution in [0.1, 0.15) is 38.5 Å². The van der Waals surface area contributed by atoms with Crippen molar-refractivity contribution in [1.82, 2.24) is 10.2 Å². The number of hydrogen-bond acceptors (Lipinski definition) is 3. The first-order chi connectivity index (χ1) is 7.29. The lowest BCUT2D eigenvalue weighted by Crippen LogP contribution is -2.46. The zero-order chi connectivity index (χ0) is 10.6. The van der Waals surface area contributed by atoms with Gasteiger partial charge in [-0.25, -0.2) is 0 Å². The molecule has 1 aliphatic carbocycles. The minimum absolute atomic E-state index is 0.354. The van der Waals surface area contributed by atoms with E-state index < -0.39 is 0 Å². The molecule has 0 aromatic carbocycles. The van der Waals surface area contributed by atoms with Gasteiger partial charge in [-0.05, 0) is 64.7 Å². The summed E-state index contributed by atoms with van der Waals surface area (Å²) >= 11 is 0. The smallest absolute Gasteiger partial charge is 0.0771 e. The summed E-state index contributed by atoms with van der Waals surface area (Å²) in [5.41, 5.74) is -0.354. The highest BCUT2D eigenvalue weighted by atomic mass is 16.3. The van der Waals surface area contributed by atoms with E-state index in [1.807, 2.05) is 0 Å². The highest BCUT2D eigenvalue weighted by molar-refractivity contribution is 4.89. The van der Waals surface area contributed by atoms with Crippen molar-refractivity contribution < 1.29 is 5.11 Å². The molecule has 0 spiro atoms. The number of nitrogens with zero attached hydrogens (tertiary/aromatic N) is 1. The van der Waals surface area contributed by atoms with Crippen molar-refractivity contribution >= 4 is 0 Å². The van der Waals surface area contributed by atoms with Crippen LogP contribution in [0.2, 0.25) is 0 Å². The fourth-order valence-corrected chi connectivity index (χ4v) is 2.52. The van der Waals surface area contributed by atoms with Gasteiger partial charge in [0.25, 0.3) is 0 Å². The van der Waals surface area contributed by atoms with Crippen LogP contribution < -0.4 is 5.32 Å². The molecule has 1 saturated heterocycles. The first-order valence-electron chi connectivity index (χ1n) is 6.44. The number of aliphatic hydroxyl groups is 1. The molecule has 2 rings (SSSR count). The fourth-order valence-electron chi connectivity index (χ4n) is 2.52. The summed E-state index contributed by atoms with van der Waals surface area (Å²) in [6.45, 7) is 5.67. The van der Waals surface area contributed by atoms with Crippen LogP contribution in [0.25, 0.3) is 0 Å². The average Bonchev–Trinajstić information content (AvgIpc) is 2.67. The number of hydrogen-bond donors (Lipinski definition) is 2. The van der Waals surface area contributed by atoms with E-state index in [1.165, 1.54) is 45.3 Å². The van der Waals surface area contributed by atoms with Crippen molar-refractivity contribution in [2.24, 2.45) is 0 Å². The lowest BCUT2D eigenvalue weighted by Gasteiger charge is -2.36. The highest BCUT2D eigenvalue weighted by Crippen LogP contribution is 2.30. The second kappa shape index (κ2) is 5.28. The first-order valence-corrected chi connectivity index (χ1v) is 6.44. The summed E-state index contributed by atoms with van der Waals surface area (Å²) in [5, 5.41) is 13.2. The van der Waals surface area contributed by atoms with Gasteiger partial charge in [-0.3, -0.25) is 0 Å². The van der Waals surface area contributed by atoms with Gasteiger partial charge in [-0.15, -0.1) is 0 Å². The maximum atomic E-state index is 9.85. The second-order valence-electron chi connectivity index (χ2n) is 5.16. The number of likely N-dealkylation sites (tertiary alicyclic amines) is 1. The first kappa shape index (κ1) is 11.4. The van der Waals surface area contributed by atoms with Crippen molar-refractivity contribution in [3.8, 4) is 0 Å². The van der Waals surface area contributed by atoms with Crippen LogP contribution in [-0.4, -0.2) is 48.3 Å². The van der Waals surface area contributed by atoms with Gasteiger partial charge < -0.3 is 15.3 Å². The summed E-state index contributed by atoms with van der Waals surface area (Å²) in [6, 6.07) is 0. The Morgan fingerprint density at radius 1 is 1.13 bits per heavy atom. The molecule has 3 heteroatoms. The second-order valence-corrected chi connectivity index (χ2v) is 5.16. The number of nitrogens with one attached hydrogen (secondary N) is 1. The molecular formula is C12H24N2O. The van der Waals surface area contributed by atoms with E-state index in [1.54, 1.807) is 0 Å². The lowest BCUT2D eigenvalue weighted by molar-refractivity contribution is -0.0311. The fraction of sp³-hybridized carbons (Fsp3) is 1.00. The minimum atomic E-state index is -0.354. The van der Waals surface area contributed by atoms with Crippen molar-refractivity contribution in [3.63, 3.8) is 0 Å². The molecule has 0 aromatic heterocycles. The van der Waals surface area contributed by atoms with Crippen LogP contribution in [0.3, 0.4) is 0 Å². The zero-order valence-corrected chi connectivity index (χ0v) is 9.67. The summed E-state index contributed by atoms with van der Waals surface area (Å²) in [5.74, 6) is 0. The molecule has 0 amide bonds. The van der Waals surface area contributed by atoms with Crippen LogP contribution in [0, 0.1) is 0 Å². The van der Waals surface area contributed by atoms with Crippen molar-refractivity contribution in [2.75, 3.05) is 32.7 Å². The summed E-state index contributed by atoms with van der Waals surface area (Å²) in [6.07, 6.45) is 7.17. The molecule has 2 fully saturated rings. The number of rotatable bonds is 6. The van der Waals surface area contributed by atoms with Gasteiger partial charge in [0.15, 0.2) is 0 Å². The van der Waals surface area contributed by atoms with Gasteiger partial charge in [0.05, 0.1) is 5.60 Å². The predicted octanol–water partition coefficient (Wildman–Crippen LogP) is 0.977. The SMILES string of the molecule is OC1(CNCCCN2CCCC2)CCC1. The highest BCUT2D eigenvalue weighted by Gasteiger charge is 2.33. The van der Waals surface area contributed by atoms with E-state index in [2.05, 4.69) is 10.2 Å². The third kappa shape index (κ3) is 3.44. The molecule has 88 valence electrons. The summed E-state index contributed by atoms with van der Waals surface area (Å²) in [4.78, 5) is 2.54. The molecule has 1 aliphatic heterocycles. The Morgan fingerprint density at radius 3 is 2.47 bits per heavy atom. The Morgan fingerprint density at radius 2 is 1.87 bits per heavy atom. The molecular weight excluding hydrogens is 188 g/mol. The van der Waals surface area contributed by atoms with Gasteiger partial charge in [0.1, 0.15) is 0 Å². The van der Waals surface area contributed by atoms with Gasteiger partial charge in [-0.2, -0.15) is 0 Å². The molecule has 1 saturated carbocycles. The van der Waals surface area contributed by atoms with Crippen LogP contribution in [0.5, 0.6) is 0 Å². The molecule has 0 unspecified atom stereocenters. The topological polar surface area (TPSA) is 35.5 Å². The minimum Gasteiger partial charge on any atom is -0.389 e. The van der Waals surface area contributed by atoms with E-state index in [4.69, 9.17) is 0 Å². The molecule has 1 heterocycles. The maximum absolute atomic E-state index is 9.85. The monoisotopic (exact) mass is 212 g/mol. The third-order valence-corrected chi connectivity index (χ3v) is 3.76. The Hall–Kier alpha value is -0.120. The zero-order valence-electron chi connectivity index (χ0n) is 9.67. The van der Waals surface area contributed by atoms with Gasteiger partial charge >= 0.3 is 0 Å². The standard InChI is InChI=1S/C12H24N2O/c15-12(5-3-6-12)11-13-7-4-10-14-8-1-2-9-14/h13,15H,1-11H2. The molecule has 0 atom stereocenters. The van der Waals surface area contributed by atoms with Crippen LogP contribution in [0.4, 0.5) is 0 Å². The summed E-state index contributed by atoms with van der Waals surface area (Å²) in [7, 11) is 0. The van der Waals surface area contributed by atoms with Gasteiger partial charge in [0, 0.05) is 6.54 Å². The Balaban J connectivity index is 1.44. The van der Waals surface area contributed by atoms with Crippen LogP contribution >= 0.6 is 0 Å². The van der Waals surface area contributed by atoms with E-state index in [0.29, 0.717) is 0 Å². The van der Waals surface area contributed by atoms with E-state index in [9.17, 15) is 5.11 Å². The Bertz CT molecular complexity index is 186. The lowest BCUT2D eigenvalue weighted by atomic mass is 9.80. The molecule has 0 bridgehead atoms. The van der Waals surface area contributed by atoms with E-state index in [-0.39, 0.29) is 5.60 Å². The van der Waals surface area contributed by atoms with Crippen LogP contribution in [-0.2, 0) is 0 Å². The summed E-state index contributed by atoms with van der Waals surface area (Å²) < 4.78 is 0. The van der Waals surface area contributed by atoms with E-state index in [0.717, 1.165) is 25.9 Å². The van der Waals surface area contributed by atoms with Crippen molar-refractivity contribution in [3.05, 3.63) is 0 Å². The maximum Gasteiger partial charge on any atom is 0.0771 e. The van der Waals surface area contributed by atoms with Gasteiger partial charge in [-0.1, -0.05) is 0 Å². The third-order valence-electron chi connectivity index (χ3n) is 3.76. The molecule has 2 N–H and O–H groups in total. The predicted molar refractivity (Wildman–Crippen MR) is 62.0 cm³/mol. The quantitative estimate of drug-likeness (QED) is 0.644. The average molecular weight is 212 g/mol. The van der Waals surface area contributed by atoms with Crippen LogP contribution in [0.15, 0.2) is 0 Å².